The minimum absolute atomic E-state index is 0.0549. The van der Waals surface area contributed by atoms with Gasteiger partial charge in [0.25, 0.3) is 0 Å². The van der Waals surface area contributed by atoms with Gasteiger partial charge in [0.1, 0.15) is 11.6 Å². The van der Waals surface area contributed by atoms with Crippen molar-refractivity contribution in [3.8, 4) is 0 Å². The number of carbonyl (C=O) groups is 8. The Hall–Kier alpha value is -6.60. The van der Waals surface area contributed by atoms with E-state index in [0.29, 0.717) is 0 Å². The van der Waals surface area contributed by atoms with Gasteiger partial charge in [-0.2, -0.15) is 0 Å². The highest BCUT2D eigenvalue weighted by molar-refractivity contribution is 6.04. The molecule has 6 rings (SSSR count). The van der Waals surface area contributed by atoms with Gasteiger partial charge in [0, 0.05) is 94.4 Å². The molecule has 0 radical (unpaired) electrons. The molecule has 0 saturated carbocycles. The Labute approximate surface area is 365 Å². The van der Waals surface area contributed by atoms with Crippen LogP contribution in [0.25, 0.3) is 6.08 Å². The van der Waals surface area contributed by atoms with Crippen LogP contribution < -0.4 is 5.32 Å². The van der Waals surface area contributed by atoms with Gasteiger partial charge in [-0.3, -0.25) is 48.3 Å². The van der Waals surface area contributed by atoms with Crippen LogP contribution in [-0.2, 0) is 62.4 Å². The van der Waals surface area contributed by atoms with Gasteiger partial charge >= 0.3 is 47.8 Å². The lowest BCUT2D eigenvalue weighted by molar-refractivity contribution is -0.169. The lowest BCUT2D eigenvalue weighted by Crippen LogP contribution is -2.60. The summed E-state index contributed by atoms with van der Waals surface area (Å²) >= 11 is 0. The summed E-state index contributed by atoms with van der Waals surface area (Å²) in [6.45, 7) is 6.51. The van der Waals surface area contributed by atoms with Crippen LogP contribution in [0.2, 0.25) is 0 Å². The number of carbonyl (C=O) groups excluding carboxylic acids is 1. The van der Waals surface area contributed by atoms with Gasteiger partial charge in [0.15, 0.2) is 0 Å². The van der Waals surface area contributed by atoms with Crippen LogP contribution in [0.1, 0.15) is 114 Å². The van der Waals surface area contributed by atoms with Gasteiger partial charge in [-0.25, -0.2) is 0 Å². The molecule has 5 aliphatic rings. The molecule has 20 heteroatoms. The van der Waals surface area contributed by atoms with Crippen molar-refractivity contribution in [3.63, 3.8) is 0 Å². The molecule has 0 aromatic carbocycles. The lowest BCUT2D eigenvalue weighted by Gasteiger charge is -2.51. The summed E-state index contributed by atoms with van der Waals surface area (Å²) in [7, 11) is 0. The number of aromatic nitrogens is 1. The van der Waals surface area contributed by atoms with Crippen LogP contribution in [0, 0.1) is 28.1 Å². The predicted octanol–water partition coefficient (Wildman–Crippen LogP) is 4.08. The van der Waals surface area contributed by atoms with Crippen LogP contribution in [0.3, 0.4) is 0 Å². The number of carboxylic acids is 7. The number of nitrogens with one attached hydrogen (secondary N) is 2. The van der Waals surface area contributed by atoms with E-state index in [0.717, 1.165) is 0 Å². The van der Waals surface area contributed by atoms with Crippen LogP contribution in [0.4, 0.5) is 0 Å². The van der Waals surface area contributed by atoms with E-state index in [2.05, 4.69) is 10.3 Å². The van der Waals surface area contributed by atoms with E-state index in [1.807, 2.05) is 0 Å². The van der Waals surface area contributed by atoms with E-state index < -0.39 is 132 Å². The minimum Gasteiger partial charge on any atom is -0.481 e. The number of hydrogen-bond donors (Lipinski definition) is 9. The normalized spacial score (nSPS) is 29.2. The maximum atomic E-state index is 13.6. The molecular weight excluding hydrogens is 840 g/mol. The number of rotatable bonds is 18. The molecule has 8 bridgehead atoms. The Morgan fingerprint density at radius 2 is 1.38 bits per heavy atom. The number of nitrogens with zero attached hydrogens (tertiary/aromatic N) is 2. The molecule has 2 unspecified atom stereocenters. The molecule has 344 valence electrons. The summed E-state index contributed by atoms with van der Waals surface area (Å²) in [4.78, 5) is 114. The molecule has 0 amide bonds. The largest absolute Gasteiger partial charge is 0.481 e. The molecule has 2 fully saturated rings. The highest BCUT2D eigenvalue weighted by Gasteiger charge is 2.69. The van der Waals surface area contributed by atoms with Crippen molar-refractivity contribution in [2.24, 2.45) is 38.1 Å². The van der Waals surface area contributed by atoms with E-state index in [9.17, 15) is 74.1 Å². The number of fused-ring (bicyclic) bond motifs is 5. The van der Waals surface area contributed by atoms with Crippen LogP contribution in [0.15, 0.2) is 38.7 Å². The maximum absolute atomic E-state index is 13.6. The van der Waals surface area contributed by atoms with E-state index in [4.69, 9.17) is 14.7 Å². The summed E-state index contributed by atoms with van der Waals surface area (Å²) in [6.07, 6.45) is -2.91. The first-order chi connectivity index (χ1) is 29.9. The van der Waals surface area contributed by atoms with Crippen LogP contribution in [-0.4, -0.2) is 112 Å². The second-order valence-corrected chi connectivity index (χ2v) is 18.1. The van der Waals surface area contributed by atoms with Gasteiger partial charge in [-0.15, -0.1) is 0 Å². The number of aliphatic imine (C=N–C) groups is 2. The first-order valence-electron chi connectivity index (χ1n) is 20.9. The van der Waals surface area contributed by atoms with Crippen LogP contribution in [0.5, 0.6) is 0 Å². The van der Waals surface area contributed by atoms with Crippen molar-refractivity contribution in [2.45, 2.75) is 123 Å². The third-order valence-corrected chi connectivity index (χ3v) is 14.1. The van der Waals surface area contributed by atoms with Gasteiger partial charge in [-0.05, 0) is 61.5 Å². The Morgan fingerprint density at radius 1 is 0.766 bits per heavy atom. The highest BCUT2D eigenvalue weighted by Crippen LogP contribution is 2.63. The molecule has 1 aromatic heterocycles. The van der Waals surface area contributed by atoms with Crippen molar-refractivity contribution in [1.82, 2.24) is 10.3 Å². The average Bonchev–Trinajstić information content (AvgIpc) is 3.78. The third-order valence-electron chi connectivity index (χ3n) is 14.1. The second kappa shape index (κ2) is 17.2. The molecule has 1 spiro atoms. The predicted molar refractivity (Wildman–Crippen MR) is 222 cm³/mol. The molecule has 1 aromatic rings. The minimum atomic E-state index is -1.77. The highest BCUT2D eigenvalue weighted by atomic mass is 16.5. The van der Waals surface area contributed by atoms with Crippen molar-refractivity contribution >= 4 is 65.3 Å². The Balaban J connectivity index is 1.81. The summed E-state index contributed by atoms with van der Waals surface area (Å²) in [5.41, 5.74) is -4.03. The fraction of sp³-hybridized carbons (Fsp3) is 0.545. The molecule has 0 aliphatic carbocycles. The zero-order valence-electron chi connectivity index (χ0n) is 35.8. The fourth-order valence-corrected chi connectivity index (χ4v) is 11.0. The monoisotopic (exact) mass is 892 g/mol. The van der Waals surface area contributed by atoms with Crippen molar-refractivity contribution < 1.29 is 78.8 Å². The number of aliphatic carboxylic acids is 7. The molecule has 20 nitrogen and oxygen atoms in total. The molecule has 7 atom stereocenters. The van der Waals surface area contributed by atoms with Gasteiger partial charge in [0.05, 0.1) is 31.4 Å². The number of allylic oxidation sites excluding steroid dienone is 3. The zero-order valence-corrected chi connectivity index (χ0v) is 35.8. The molecule has 5 aliphatic heterocycles. The number of cyclic esters (lactones) is 1. The van der Waals surface area contributed by atoms with Crippen molar-refractivity contribution in [2.75, 3.05) is 0 Å². The quantitative estimate of drug-likeness (QED) is 0.0938. The number of esters is 1. The average molecular weight is 893 g/mol. The first kappa shape index (κ1) is 46.9. The topological polar surface area (TPSA) is 340 Å². The molecule has 64 heavy (non-hydrogen) atoms. The molecule has 9 N–H and O–H groups in total. The van der Waals surface area contributed by atoms with Crippen molar-refractivity contribution in [1.29, 1.82) is 0 Å². The van der Waals surface area contributed by atoms with E-state index in [1.165, 1.54) is 6.08 Å². The summed E-state index contributed by atoms with van der Waals surface area (Å²) in [6, 6.07) is 0. The second-order valence-electron chi connectivity index (χ2n) is 18.1. The van der Waals surface area contributed by atoms with E-state index in [1.54, 1.807) is 33.8 Å². The molecule has 2 saturated heterocycles. The summed E-state index contributed by atoms with van der Waals surface area (Å²) in [5, 5.41) is 74.2. The Morgan fingerprint density at radius 3 is 1.95 bits per heavy atom. The third kappa shape index (κ3) is 8.32. The molecule has 6 heterocycles. The maximum Gasteiger partial charge on any atom is 0.307 e. The van der Waals surface area contributed by atoms with E-state index >= 15 is 0 Å². The Kier molecular flexibility index (Phi) is 12.6. The number of aromatic amines is 1. The lowest BCUT2D eigenvalue weighted by atomic mass is 9.56. The zero-order chi connectivity index (χ0) is 47.3. The Bertz CT molecular complexity index is 2410. The van der Waals surface area contributed by atoms with Crippen LogP contribution >= 0.6 is 0 Å². The number of H-pyrrole nitrogens is 1. The van der Waals surface area contributed by atoms with Gasteiger partial charge in [-0.1, -0.05) is 20.8 Å². The number of hydrogen-bond acceptors (Lipinski definition) is 12. The van der Waals surface area contributed by atoms with E-state index in [-0.39, 0.29) is 95.1 Å². The van der Waals surface area contributed by atoms with Crippen molar-refractivity contribution in [3.05, 3.63) is 51.3 Å². The summed E-state index contributed by atoms with van der Waals surface area (Å²) in [5.74, 6) is -11.1. The fourth-order valence-electron chi connectivity index (χ4n) is 11.0. The SMILES string of the molecule is CC1OC(=O)C[C@@]2(C)[C@H](CCC(=O)O)C3=NC12C1=C(CC(=O)O)[C@@](C)(CCC(=O)O)C(=N1)Cc1[nH]c(c(CC(=O)O)c1CCC(=O)O)C=C1NC(=C3)[C@@](C)(CC(=O)O)[C@@H]1CCC(=O)O. The molecular formula is C44H52N4O16. The number of carboxylic acid groups (broad SMARTS) is 7. The smallest absolute Gasteiger partial charge is 0.307 e. The summed E-state index contributed by atoms with van der Waals surface area (Å²) < 4.78 is 5.95. The van der Waals surface area contributed by atoms with Gasteiger partial charge in [0.2, 0.25) is 0 Å². The number of ether oxygens (including phenoxy) is 1. The van der Waals surface area contributed by atoms with Gasteiger partial charge < -0.3 is 50.8 Å². The first-order valence-corrected chi connectivity index (χ1v) is 20.9. The standard InChI is InChI=1S/C44H52N4O16/c1-20-44-40-25(14-37(59)60)41(2,12-11-35(55)56)30(47-40)16-27-21(5-8-32(49)50)22(13-36(57)58)26(45-27)15-28-23(6-9-33(51)52)42(3,18-38(61)62)31(46-28)17-29(48-44)24(7-10-34(53)54)43(44,4)19-39(63)64-20/h15,17,20,23-24,45-46H,5-14,16,18-19H2,1-4H3,(H,49,50)(H,51,52)(H,53,54)(H,55,56)(H,57,58)(H,59,60)(H,61,62)/t20?,23-,24-,41-,42+,43+,44?/m1/s1.